The summed E-state index contributed by atoms with van der Waals surface area (Å²) in [5, 5.41) is 3.23. The van der Waals surface area contributed by atoms with Crippen LogP contribution in [-0.2, 0) is 0 Å². The minimum atomic E-state index is -0.573. The third-order valence-corrected chi connectivity index (χ3v) is 5.76. The van der Waals surface area contributed by atoms with E-state index < -0.39 is 11.6 Å². The van der Waals surface area contributed by atoms with Crippen LogP contribution in [0.4, 0.5) is 18.9 Å². The molecule has 2 aromatic carbocycles. The standard InChI is InChI=1S/C20H21F3N2/c1-10-4-12(2-3-16(10)22)19-18(13-5-11(6-13)9-24)15-7-14(21)8-17(23)20(15)25-19/h2-4,7-8,11,13,18-19,25H,5-6,9,24H2,1H3. The Bertz CT molecular complexity index is 815. The van der Waals surface area contributed by atoms with Crippen LogP contribution in [0.25, 0.3) is 0 Å². The highest BCUT2D eigenvalue weighted by molar-refractivity contribution is 5.62. The van der Waals surface area contributed by atoms with Crippen molar-refractivity contribution in [2.75, 3.05) is 11.9 Å². The first-order chi connectivity index (χ1) is 12.0. The molecule has 2 aliphatic rings. The van der Waals surface area contributed by atoms with Gasteiger partial charge in [-0.2, -0.15) is 0 Å². The Kier molecular flexibility index (Phi) is 3.99. The Morgan fingerprint density at radius 2 is 1.84 bits per heavy atom. The van der Waals surface area contributed by atoms with Crippen molar-refractivity contribution in [3.63, 3.8) is 0 Å². The van der Waals surface area contributed by atoms with Gasteiger partial charge in [-0.05, 0) is 67.0 Å². The first-order valence-corrected chi connectivity index (χ1v) is 8.69. The molecule has 1 aliphatic heterocycles. The number of fused-ring (bicyclic) bond motifs is 1. The van der Waals surface area contributed by atoms with E-state index >= 15 is 0 Å². The molecule has 25 heavy (non-hydrogen) atoms. The molecule has 2 aromatic rings. The molecule has 0 saturated heterocycles. The van der Waals surface area contributed by atoms with Gasteiger partial charge in [-0.15, -0.1) is 0 Å². The van der Waals surface area contributed by atoms with Crippen molar-refractivity contribution in [2.24, 2.45) is 17.6 Å². The number of nitrogens with one attached hydrogen (secondary N) is 1. The first-order valence-electron chi connectivity index (χ1n) is 8.69. The molecule has 4 rings (SSSR count). The molecule has 2 unspecified atom stereocenters. The second kappa shape index (κ2) is 6.06. The fourth-order valence-electron chi connectivity index (χ4n) is 4.38. The summed E-state index contributed by atoms with van der Waals surface area (Å²) in [6, 6.07) is 7.11. The van der Waals surface area contributed by atoms with Gasteiger partial charge in [0.25, 0.3) is 0 Å². The van der Waals surface area contributed by atoms with Crippen LogP contribution in [0.3, 0.4) is 0 Å². The van der Waals surface area contributed by atoms with Gasteiger partial charge in [0.1, 0.15) is 17.5 Å². The monoisotopic (exact) mass is 346 g/mol. The Morgan fingerprint density at radius 1 is 1.08 bits per heavy atom. The van der Waals surface area contributed by atoms with Gasteiger partial charge in [0, 0.05) is 12.0 Å². The van der Waals surface area contributed by atoms with Crippen molar-refractivity contribution < 1.29 is 13.2 Å². The lowest BCUT2D eigenvalue weighted by Crippen LogP contribution is -2.35. The van der Waals surface area contributed by atoms with E-state index in [1.807, 2.05) is 0 Å². The summed E-state index contributed by atoms with van der Waals surface area (Å²) in [5.41, 5.74) is 8.25. The summed E-state index contributed by atoms with van der Waals surface area (Å²) in [4.78, 5) is 0. The van der Waals surface area contributed by atoms with Crippen LogP contribution in [0.1, 0.15) is 41.5 Å². The smallest absolute Gasteiger partial charge is 0.149 e. The third kappa shape index (κ3) is 2.71. The van der Waals surface area contributed by atoms with Gasteiger partial charge in [0.2, 0.25) is 0 Å². The quantitative estimate of drug-likeness (QED) is 0.849. The zero-order chi connectivity index (χ0) is 17.7. The van der Waals surface area contributed by atoms with E-state index in [2.05, 4.69) is 5.32 Å². The number of hydrogen-bond acceptors (Lipinski definition) is 2. The van der Waals surface area contributed by atoms with E-state index in [0.29, 0.717) is 35.2 Å². The predicted octanol–water partition coefficient (Wildman–Crippen LogP) is 4.65. The normalized spacial score (nSPS) is 27.6. The maximum atomic E-state index is 14.3. The minimum absolute atomic E-state index is 0.0344. The lowest BCUT2D eigenvalue weighted by Gasteiger charge is -2.41. The number of anilines is 1. The molecule has 2 atom stereocenters. The van der Waals surface area contributed by atoms with Gasteiger partial charge in [0.15, 0.2) is 0 Å². The van der Waals surface area contributed by atoms with Gasteiger partial charge >= 0.3 is 0 Å². The molecule has 0 bridgehead atoms. The SMILES string of the molecule is Cc1cc(C2Nc3c(F)cc(F)cc3C2C2CC(CN)C2)ccc1F. The highest BCUT2D eigenvalue weighted by atomic mass is 19.1. The summed E-state index contributed by atoms with van der Waals surface area (Å²) in [6.07, 6.45) is 1.91. The largest absolute Gasteiger partial charge is 0.375 e. The second-order valence-corrected chi connectivity index (χ2v) is 7.34. The number of hydrogen-bond donors (Lipinski definition) is 2. The predicted molar refractivity (Wildman–Crippen MR) is 91.9 cm³/mol. The molecule has 0 radical (unpaired) electrons. The Labute approximate surface area is 145 Å². The number of halogens is 3. The minimum Gasteiger partial charge on any atom is -0.375 e. The number of rotatable bonds is 3. The van der Waals surface area contributed by atoms with Gasteiger partial charge < -0.3 is 11.1 Å². The molecular formula is C20H21F3N2. The van der Waals surface area contributed by atoms with Crippen molar-refractivity contribution in [3.8, 4) is 0 Å². The van der Waals surface area contributed by atoms with E-state index in [-0.39, 0.29) is 17.8 Å². The Hall–Kier alpha value is -2.01. The summed E-state index contributed by atoms with van der Waals surface area (Å²) < 4.78 is 41.8. The molecule has 1 fully saturated rings. The first kappa shape index (κ1) is 16.5. The molecule has 132 valence electrons. The molecule has 1 heterocycles. The van der Waals surface area contributed by atoms with Crippen LogP contribution >= 0.6 is 0 Å². The van der Waals surface area contributed by atoms with Gasteiger partial charge in [-0.3, -0.25) is 0 Å². The zero-order valence-electron chi connectivity index (χ0n) is 14.0. The number of aryl methyl sites for hydroxylation is 1. The molecule has 0 aromatic heterocycles. The molecule has 1 saturated carbocycles. The topological polar surface area (TPSA) is 38.0 Å². The third-order valence-electron chi connectivity index (χ3n) is 5.76. The maximum absolute atomic E-state index is 14.3. The Morgan fingerprint density at radius 3 is 2.52 bits per heavy atom. The second-order valence-electron chi connectivity index (χ2n) is 7.34. The molecule has 3 N–H and O–H groups in total. The van der Waals surface area contributed by atoms with Crippen molar-refractivity contribution in [2.45, 2.75) is 31.7 Å². The summed E-state index contributed by atoms with van der Waals surface area (Å²) in [6.45, 7) is 2.35. The summed E-state index contributed by atoms with van der Waals surface area (Å²) in [5.74, 6) is -0.639. The van der Waals surface area contributed by atoms with Crippen LogP contribution in [0, 0.1) is 36.2 Å². The van der Waals surface area contributed by atoms with Crippen LogP contribution in [0.2, 0.25) is 0 Å². The van der Waals surface area contributed by atoms with Crippen molar-refractivity contribution in [1.29, 1.82) is 0 Å². The van der Waals surface area contributed by atoms with Crippen LogP contribution in [0.5, 0.6) is 0 Å². The van der Waals surface area contributed by atoms with E-state index in [9.17, 15) is 13.2 Å². The lowest BCUT2D eigenvalue weighted by molar-refractivity contribution is 0.159. The molecule has 5 heteroatoms. The van der Waals surface area contributed by atoms with Crippen molar-refractivity contribution in [1.82, 2.24) is 0 Å². The average molecular weight is 346 g/mol. The molecule has 0 spiro atoms. The van der Waals surface area contributed by atoms with Crippen LogP contribution in [-0.4, -0.2) is 6.54 Å². The van der Waals surface area contributed by atoms with Gasteiger partial charge in [-0.25, -0.2) is 13.2 Å². The number of nitrogens with two attached hydrogens (primary N) is 1. The molecule has 0 amide bonds. The maximum Gasteiger partial charge on any atom is 0.149 e. The van der Waals surface area contributed by atoms with E-state index in [1.54, 1.807) is 19.1 Å². The number of benzene rings is 2. The summed E-state index contributed by atoms with van der Waals surface area (Å²) >= 11 is 0. The van der Waals surface area contributed by atoms with Crippen molar-refractivity contribution >= 4 is 5.69 Å². The fraction of sp³-hybridized carbons (Fsp3) is 0.400. The van der Waals surface area contributed by atoms with Gasteiger partial charge in [-0.1, -0.05) is 12.1 Å². The highest BCUT2D eigenvalue weighted by Crippen LogP contribution is 2.55. The van der Waals surface area contributed by atoms with E-state index in [4.69, 9.17) is 5.73 Å². The molecule has 1 aliphatic carbocycles. The molecular weight excluding hydrogens is 325 g/mol. The van der Waals surface area contributed by atoms with Crippen LogP contribution in [0.15, 0.2) is 30.3 Å². The lowest BCUT2D eigenvalue weighted by atomic mass is 9.64. The van der Waals surface area contributed by atoms with E-state index in [1.165, 1.54) is 12.1 Å². The zero-order valence-corrected chi connectivity index (χ0v) is 14.0. The fourth-order valence-corrected chi connectivity index (χ4v) is 4.38. The highest BCUT2D eigenvalue weighted by Gasteiger charge is 2.44. The van der Waals surface area contributed by atoms with Crippen molar-refractivity contribution in [3.05, 3.63) is 64.5 Å². The summed E-state index contributed by atoms with van der Waals surface area (Å²) in [7, 11) is 0. The van der Waals surface area contributed by atoms with E-state index in [0.717, 1.165) is 24.5 Å². The van der Waals surface area contributed by atoms with Gasteiger partial charge in [0.05, 0.1) is 11.7 Å². The van der Waals surface area contributed by atoms with Crippen LogP contribution < -0.4 is 11.1 Å². The molecule has 2 nitrogen and oxygen atoms in total. The average Bonchev–Trinajstić information content (AvgIpc) is 2.89. The Balaban J connectivity index is 1.75.